The Bertz CT molecular complexity index is 1390. The molecule has 0 aliphatic carbocycles. The molecule has 0 saturated heterocycles. The van der Waals surface area contributed by atoms with E-state index in [2.05, 4.69) is 0 Å². The topological polar surface area (TPSA) is 144 Å². The number of nitro groups is 1. The summed E-state index contributed by atoms with van der Waals surface area (Å²) in [6, 6.07) is 18.4. The minimum absolute atomic E-state index is 0.191. The molecule has 1 unspecified atom stereocenters. The predicted molar refractivity (Wildman–Crippen MR) is 120 cm³/mol. The van der Waals surface area contributed by atoms with Gasteiger partial charge >= 0.3 is 5.97 Å². The molecule has 3 rings (SSSR count). The zero-order valence-corrected chi connectivity index (χ0v) is 18.8. The molecular formula is C22H16N2O7S2. The Morgan fingerprint density at radius 1 is 1.06 bits per heavy atom. The summed E-state index contributed by atoms with van der Waals surface area (Å²) in [6.07, 6.45) is 0.896. The van der Waals surface area contributed by atoms with Gasteiger partial charge in [0.05, 0.1) is 32.3 Å². The summed E-state index contributed by atoms with van der Waals surface area (Å²) in [7, 11) is -5.83. The highest BCUT2D eigenvalue weighted by molar-refractivity contribution is 7.90. The first-order chi connectivity index (χ1) is 15.6. The van der Waals surface area contributed by atoms with Crippen LogP contribution in [0.5, 0.6) is 5.75 Å². The zero-order chi connectivity index (χ0) is 24.2. The summed E-state index contributed by atoms with van der Waals surface area (Å²) < 4.78 is 41.0. The molecule has 3 aromatic rings. The molecule has 0 aliphatic heterocycles. The molecule has 0 aromatic heterocycles. The van der Waals surface area contributed by atoms with Gasteiger partial charge in [-0.15, -0.1) is 0 Å². The molecule has 0 heterocycles. The molecule has 168 valence electrons. The summed E-state index contributed by atoms with van der Waals surface area (Å²) in [6.45, 7) is 0. The average Bonchev–Trinajstić information content (AvgIpc) is 2.78. The van der Waals surface area contributed by atoms with Gasteiger partial charge in [-0.05, 0) is 47.5 Å². The number of rotatable bonds is 7. The Balaban J connectivity index is 1.71. The Morgan fingerprint density at radius 3 is 2.15 bits per heavy atom. The second kappa shape index (κ2) is 9.72. The molecule has 33 heavy (non-hydrogen) atoms. The number of benzene rings is 3. The summed E-state index contributed by atoms with van der Waals surface area (Å²) in [5, 5.41) is 20.2. The van der Waals surface area contributed by atoms with Crippen LogP contribution in [0, 0.1) is 21.4 Å². The highest BCUT2D eigenvalue weighted by Gasteiger charge is 2.24. The molecule has 0 N–H and O–H groups in total. The van der Waals surface area contributed by atoms with Crippen LogP contribution >= 0.6 is 0 Å². The molecule has 0 aliphatic rings. The third-order valence-corrected chi connectivity index (χ3v) is 6.93. The summed E-state index contributed by atoms with van der Waals surface area (Å²) in [5.74, 6) is -1.34. The summed E-state index contributed by atoms with van der Waals surface area (Å²) >= 11 is 0. The number of carbonyl (C=O) groups is 1. The second-order valence-corrected chi connectivity index (χ2v) is 10.3. The number of ether oxygens (including phenoxy) is 1. The van der Waals surface area contributed by atoms with Crippen LogP contribution in [0.2, 0.25) is 0 Å². The highest BCUT2D eigenvalue weighted by atomic mass is 32.2. The number of nitrogens with zero attached hydrogens (tertiary/aromatic N) is 2. The molecule has 0 saturated carbocycles. The number of hydrogen-bond acceptors (Lipinski definition) is 8. The van der Waals surface area contributed by atoms with Gasteiger partial charge in [0.1, 0.15) is 16.4 Å². The van der Waals surface area contributed by atoms with Crippen LogP contribution in [0.3, 0.4) is 0 Å². The first-order valence-electron chi connectivity index (χ1n) is 9.26. The lowest BCUT2D eigenvalue weighted by molar-refractivity contribution is -0.388. The molecule has 0 fully saturated rings. The Morgan fingerprint density at radius 2 is 1.64 bits per heavy atom. The van der Waals surface area contributed by atoms with E-state index in [9.17, 15) is 27.5 Å². The van der Waals surface area contributed by atoms with Crippen LogP contribution in [-0.2, 0) is 25.4 Å². The van der Waals surface area contributed by atoms with E-state index in [0.29, 0.717) is 5.56 Å². The standard InChI is InChI=1S/C22H16N2O7S2/c1-33(29,30)19-10-11-21(20(12-19)24(26)27)32(28)14-22(25)31-18-8-6-17(7-9-18)16-4-2-15(13-23)3-5-16/h2-12H,14H2,1H3. The van der Waals surface area contributed by atoms with E-state index in [-0.39, 0.29) is 15.5 Å². The monoisotopic (exact) mass is 484 g/mol. The van der Waals surface area contributed by atoms with Crippen molar-refractivity contribution in [2.45, 2.75) is 9.79 Å². The number of carbonyl (C=O) groups excluding carboxylic acids is 1. The Hall–Kier alpha value is -3.88. The van der Waals surface area contributed by atoms with E-state index in [1.54, 1.807) is 36.4 Å². The lowest BCUT2D eigenvalue weighted by Gasteiger charge is -2.07. The largest absolute Gasteiger partial charge is 0.426 e. The third-order valence-electron chi connectivity index (χ3n) is 4.48. The normalized spacial score (nSPS) is 11.9. The van der Waals surface area contributed by atoms with Crippen molar-refractivity contribution in [3.8, 4) is 22.9 Å². The van der Waals surface area contributed by atoms with Crippen LogP contribution in [-0.4, -0.2) is 35.5 Å². The van der Waals surface area contributed by atoms with Crippen molar-refractivity contribution in [3.05, 3.63) is 82.4 Å². The first-order valence-corrected chi connectivity index (χ1v) is 12.5. The van der Waals surface area contributed by atoms with E-state index in [0.717, 1.165) is 35.6 Å². The molecule has 0 spiro atoms. The van der Waals surface area contributed by atoms with Crippen LogP contribution in [0.25, 0.3) is 11.1 Å². The number of nitriles is 1. The Kier molecular flexibility index (Phi) is 7.01. The lowest BCUT2D eigenvalue weighted by atomic mass is 10.0. The molecule has 0 amide bonds. The quantitative estimate of drug-likeness (QED) is 0.215. The fraction of sp³-hybridized carbons (Fsp3) is 0.0909. The smallest absolute Gasteiger partial charge is 0.324 e. The van der Waals surface area contributed by atoms with E-state index in [1.807, 2.05) is 6.07 Å². The zero-order valence-electron chi connectivity index (χ0n) is 17.1. The Labute approximate surface area is 191 Å². The van der Waals surface area contributed by atoms with Gasteiger partial charge in [-0.3, -0.25) is 19.1 Å². The minimum Gasteiger partial charge on any atom is -0.426 e. The maximum absolute atomic E-state index is 12.6. The SMILES string of the molecule is CS(=O)(=O)c1ccc(S(=O)CC(=O)Oc2ccc(-c3ccc(C#N)cc3)cc2)c([N+](=O)[O-])c1. The fourth-order valence-electron chi connectivity index (χ4n) is 2.86. The van der Waals surface area contributed by atoms with Crippen LogP contribution in [0.4, 0.5) is 5.69 Å². The molecule has 1 atom stereocenters. The summed E-state index contributed by atoms with van der Waals surface area (Å²) in [4.78, 5) is 22.1. The van der Waals surface area contributed by atoms with Gasteiger partial charge in [-0.1, -0.05) is 24.3 Å². The lowest BCUT2D eigenvalue weighted by Crippen LogP contribution is -2.17. The van der Waals surface area contributed by atoms with Crippen molar-refractivity contribution >= 4 is 32.3 Å². The molecule has 0 radical (unpaired) electrons. The molecule has 3 aromatic carbocycles. The van der Waals surface area contributed by atoms with Crippen molar-refractivity contribution in [1.82, 2.24) is 0 Å². The van der Waals surface area contributed by atoms with E-state index in [4.69, 9.17) is 10.00 Å². The molecule has 11 heteroatoms. The molecule has 0 bridgehead atoms. The second-order valence-electron chi connectivity index (χ2n) is 6.84. The van der Waals surface area contributed by atoms with E-state index < -0.39 is 43.0 Å². The van der Waals surface area contributed by atoms with Gasteiger partial charge < -0.3 is 4.74 Å². The van der Waals surface area contributed by atoms with Crippen molar-refractivity contribution in [1.29, 1.82) is 5.26 Å². The van der Waals surface area contributed by atoms with Gasteiger partial charge in [-0.25, -0.2) is 8.42 Å². The third kappa shape index (κ3) is 5.88. The van der Waals surface area contributed by atoms with Gasteiger partial charge in [0, 0.05) is 12.3 Å². The average molecular weight is 485 g/mol. The molecular weight excluding hydrogens is 468 g/mol. The number of esters is 1. The van der Waals surface area contributed by atoms with Gasteiger partial charge in [0.25, 0.3) is 5.69 Å². The highest BCUT2D eigenvalue weighted by Crippen LogP contribution is 2.27. The fourth-order valence-corrected chi connectivity index (χ4v) is 4.52. The van der Waals surface area contributed by atoms with Crippen molar-refractivity contribution in [3.63, 3.8) is 0 Å². The first kappa shape index (κ1) is 23.8. The van der Waals surface area contributed by atoms with Crippen LogP contribution < -0.4 is 4.74 Å². The van der Waals surface area contributed by atoms with E-state index in [1.165, 1.54) is 12.1 Å². The molecule has 9 nitrogen and oxygen atoms in total. The predicted octanol–water partition coefficient (Wildman–Crippen LogP) is 3.25. The minimum atomic E-state index is -3.70. The maximum atomic E-state index is 12.6. The number of sulfone groups is 1. The van der Waals surface area contributed by atoms with Gasteiger partial charge in [-0.2, -0.15) is 5.26 Å². The van der Waals surface area contributed by atoms with Crippen LogP contribution in [0.15, 0.2) is 76.5 Å². The number of hydrogen-bond donors (Lipinski definition) is 0. The maximum Gasteiger partial charge on any atom is 0.324 e. The van der Waals surface area contributed by atoms with Crippen LogP contribution in [0.1, 0.15) is 5.56 Å². The van der Waals surface area contributed by atoms with Gasteiger partial charge in [0.15, 0.2) is 9.84 Å². The number of nitro benzene ring substituents is 1. The van der Waals surface area contributed by atoms with Gasteiger partial charge in [0.2, 0.25) is 0 Å². The van der Waals surface area contributed by atoms with Crippen molar-refractivity contribution in [2.24, 2.45) is 0 Å². The summed E-state index contributed by atoms with van der Waals surface area (Å²) in [5.41, 5.74) is 1.56. The van der Waals surface area contributed by atoms with E-state index >= 15 is 0 Å². The van der Waals surface area contributed by atoms with Crippen molar-refractivity contribution in [2.75, 3.05) is 12.0 Å². The van der Waals surface area contributed by atoms with Crippen molar-refractivity contribution < 1.29 is 27.1 Å².